The van der Waals surface area contributed by atoms with E-state index in [0.717, 1.165) is 0 Å². The Morgan fingerprint density at radius 2 is 1.70 bits per heavy atom. The molecule has 0 radical (unpaired) electrons. The van der Waals surface area contributed by atoms with Crippen LogP contribution in [0.15, 0.2) is 71.3 Å². The number of amides is 2. The molecule has 1 heterocycles. The molecule has 0 fully saturated rings. The highest BCUT2D eigenvalue weighted by Gasteiger charge is 2.16. The van der Waals surface area contributed by atoms with Crippen LogP contribution in [0, 0.1) is 10.1 Å². The van der Waals surface area contributed by atoms with Gasteiger partial charge in [-0.1, -0.05) is 12.1 Å². The van der Waals surface area contributed by atoms with Crippen molar-refractivity contribution in [1.82, 2.24) is 0 Å². The molecule has 152 valence electrons. The van der Waals surface area contributed by atoms with Gasteiger partial charge in [0.1, 0.15) is 5.69 Å². The molecule has 0 atom stereocenters. The number of para-hydroxylation sites is 2. The number of esters is 1. The van der Waals surface area contributed by atoms with Gasteiger partial charge >= 0.3 is 5.97 Å². The van der Waals surface area contributed by atoms with Crippen LogP contribution in [0.25, 0.3) is 0 Å². The van der Waals surface area contributed by atoms with Crippen molar-refractivity contribution in [2.45, 2.75) is 0 Å². The number of nitrogens with zero attached hydrogens (tertiary/aromatic N) is 1. The van der Waals surface area contributed by atoms with Crippen molar-refractivity contribution in [2.24, 2.45) is 0 Å². The predicted octanol–water partition coefficient (Wildman–Crippen LogP) is 3.24. The molecule has 0 bridgehead atoms. The largest absolute Gasteiger partial charge is 0.459 e. The Morgan fingerprint density at radius 3 is 2.37 bits per heavy atom. The maximum atomic E-state index is 12.1. The second kappa shape index (κ2) is 9.15. The normalized spacial score (nSPS) is 10.1. The highest BCUT2D eigenvalue weighted by molar-refractivity contribution is 6.02. The summed E-state index contributed by atoms with van der Waals surface area (Å²) in [6, 6.07) is 14.5. The molecule has 0 spiro atoms. The number of carbonyl (C=O) groups excluding carboxylic acids is 3. The number of carbonyl (C=O) groups is 3. The Labute approximate surface area is 169 Å². The molecule has 3 rings (SSSR count). The van der Waals surface area contributed by atoms with Gasteiger partial charge in [-0.15, -0.1) is 0 Å². The molecule has 0 aliphatic carbocycles. The van der Waals surface area contributed by atoms with Crippen molar-refractivity contribution >= 4 is 34.8 Å². The minimum atomic E-state index is -0.767. The number of nitro groups is 1. The number of anilines is 2. The van der Waals surface area contributed by atoms with Gasteiger partial charge in [0.2, 0.25) is 0 Å². The van der Waals surface area contributed by atoms with Crippen LogP contribution in [0.1, 0.15) is 20.9 Å². The average Bonchev–Trinajstić information content (AvgIpc) is 3.28. The van der Waals surface area contributed by atoms with Gasteiger partial charge in [0.05, 0.1) is 16.7 Å². The highest BCUT2D eigenvalue weighted by atomic mass is 16.6. The number of furan rings is 1. The zero-order valence-corrected chi connectivity index (χ0v) is 15.4. The van der Waals surface area contributed by atoms with Crippen LogP contribution in [0.4, 0.5) is 17.1 Å². The smallest absolute Gasteiger partial charge is 0.338 e. The Morgan fingerprint density at radius 1 is 0.967 bits per heavy atom. The molecule has 30 heavy (non-hydrogen) atoms. The predicted molar refractivity (Wildman–Crippen MR) is 105 cm³/mol. The summed E-state index contributed by atoms with van der Waals surface area (Å²) < 4.78 is 9.90. The van der Waals surface area contributed by atoms with E-state index in [1.165, 1.54) is 60.9 Å². The van der Waals surface area contributed by atoms with Crippen LogP contribution in [0.2, 0.25) is 0 Å². The monoisotopic (exact) mass is 409 g/mol. The molecule has 2 N–H and O–H groups in total. The quantitative estimate of drug-likeness (QED) is 0.347. The van der Waals surface area contributed by atoms with Gasteiger partial charge in [-0.25, -0.2) is 4.79 Å². The molecule has 1 aromatic heterocycles. The third-order valence-electron chi connectivity index (χ3n) is 3.83. The van der Waals surface area contributed by atoms with Crippen LogP contribution in [0.5, 0.6) is 0 Å². The van der Waals surface area contributed by atoms with Gasteiger partial charge in [-0.2, -0.15) is 0 Å². The molecule has 2 aromatic carbocycles. The van der Waals surface area contributed by atoms with E-state index in [2.05, 4.69) is 10.6 Å². The Balaban J connectivity index is 1.53. The summed E-state index contributed by atoms with van der Waals surface area (Å²) in [5, 5.41) is 15.9. The number of nitrogens with one attached hydrogen (secondary N) is 2. The summed E-state index contributed by atoms with van der Waals surface area (Å²) in [6.45, 7) is -0.623. The molecule has 0 aliphatic rings. The summed E-state index contributed by atoms with van der Waals surface area (Å²) in [5.41, 5.74) is 0.316. The topological polar surface area (TPSA) is 141 Å². The molecule has 0 aliphatic heterocycles. The van der Waals surface area contributed by atoms with E-state index in [4.69, 9.17) is 9.15 Å². The van der Waals surface area contributed by atoms with E-state index in [0.29, 0.717) is 5.69 Å². The molecule has 0 unspecified atom stereocenters. The zero-order chi connectivity index (χ0) is 21.5. The second-order valence-electron chi connectivity index (χ2n) is 5.91. The van der Waals surface area contributed by atoms with Crippen LogP contribution < -0.4 is 10.6 Å². The maximum Gasteiger partial charge on any atom is 0.338 e. The van der Waals surface area contributed by atoms with Crippen molar-refractivity contribution in [2.75, 3.05) is 17.2 Å². The molecule has 2 amide bonds. The number of ether oxygens (including phenoxy) is 1. The van der Waals surface area contributed by atoms with Gasteiger partial charge in [0, 0.05) is 11.8 Å². The van der Waals surface area contributed by atoms with Crippen molar-refractivity contribution in [1.29, 1.82) is 0 Å². The van der Waals surface area contributed by atoms with Crippen LogP contribution >= 0.6 is 0 Å². The first-order chi connectivity index (χ1) is 14.4. The van der Waals surface area contributed by atoms with Gasteiger partial charge in [0.25, 0.3) is 17.5 Å². The number of rotatable bonds is 7. The summed E-state index contributed by atoms with van der Waals surface area (Å²) in [7, 11) is 0. The molecule has 10 nitrogen and oxygen atoms in total. The third-order valence-corrected chi connectivity index (χ3v) is 3.83. The summed E-state index contributed by atoms with van der Waals surface area (Å²) in [4.78, 5) is 46.3. The number of benzene rings is 2. The average molecular weight is 409 g/mol. The van der Waals surface area contributed by atoms with E-state index < -0.39 is 29.3 Å². The minimum Gasteiger partial charge on any atom is -0.459 e. The van der Waals surface area contributed by atoms with Gasteiger partial charge in [-0.05, 0) is 42.5 Å². The van der Waals surface area contributed by atoms with Gasteiger partial charge in [-0.3, -0.25) is 19.7 Å². The molecule has 0 saturated heterocycles. The van der Waals surface area contributed by atoms with Crippen molar-refractivity contribution in [3.63, 3.8) is 0 Å². The minimum absolute atomic E-state index is 0.000186. The summed E-state index contributed by atoms with van der Waals surface area (Å²) in [5.74, 6) is -1.79. The Hall–Kier alpha value is -4.47. The lowest BCUT2D eigenvalue weighted by Crippen LogP contribution is -2.21. The number of hydrogen-bond donors (Lipinski definition) is 2. The number of nitro benzene ring substituents is 1. The molecule has 3 aromatic rings. The lowest BCUT2D eigenvalue weighted by molar-refractivity contribution is -0.383. The number of hydrogen-bond acceptors (Lipinski definition) is 7. The van der Waals surface area contributed by atoms with Gasteiger partial charge < -0.3 is 19.8 Å². The second-order valence-corrected chi connectivity index (χ2v) is 5.91. The van der Waals surface area contributed by atoms with Crippen molar-refractivity contribution in [3.8, 4) is 0 Å². The van der Waals surface area contributed by atoms with E-state index >= 15 is 0 Å². The first-order valence-electron chi connectivity index (χ1n) is 8.59. The molecular weight excluding hydrogens is 394 g/mol. The maximum absolute atomic E-state index is 12.1. The fourth-order valence-corrected chi connectivity index (χ4v) is 2.43. The fraction of sp³-hybridized carbons (Fsp3) is 0.0500. The van der Waals surface area contributed by atoms with Crippen LogP contribution in [0.3, 0.4) is 0 Å². The Kier molecular flexibility index (Phi) is 6.18. The lowest BCUT2D eigenvalue weighted by Gasteiger charge is -2.08. The zero-order valence-electron chi connectivity index (χ0n) is 15.4. The van der Waals surface area contributed by atoms with Crippen molar-refractivity contribution < 1.29 is 28.5 Å². The molecular formula is C20H15N3O7. The molecule has 10 heteroatoms. The summed E-state index contributed by atoms with van der Waals surface area (Å²) >= 11 is 0. The van der Waals surface area contributed by atoms with E-state index in [1.807, 2.05) is 0 Å². The van der Waals surface area contributed by atoms with Crippen LogP contribution in [-0.4, -0.2) is 29.3 Å². The van der Waals surface area contributed by atoms with E-state index in [1.54, 1.807) is 6.07 Å². The van der Waals surface area contributed by atoms with Crippen LogP contribution in [-0.2, 0) is 9.53 Å². The van der Waals surface area contributed by atoms with E-state index in [-0.39, 0.29) is 22.7 Å². The van der Waals surface area contributed by atoms with Crippen molar-refractivity contribution in [3.05, 3.63) is 88.4 Å². The lowest BCUT2D eigenvalue weighted by atomic mass is 10.2. The molecule has 0 saturated carbocycles. The first kappa shape index (κ1) is 20.3. The first-order valence-corrected chi connectivity index (χ1v) is 8.59. The fourth-order valence-electron chi connectivity index (χ4n) is 2.43. The highest BCUT2D eigenvalue weighted by Crippen LogP contribution is 2.23. The standard InChI is InChI=1S/C20H15N3O7/c24-18(22-15-4-1-2-5-16(15)23(27)28)12-30-20(26)13-7-9-14(10-8-13)21-19(25)17-6-3-11-29-17/h1-11H,12H2,(H,21,25)(H,22,24). The summed E-state index contributed by atoms with van der Waals surface area (Å²) in [6.07, 6.45) is 1.38. The van der Waals surface area contributed by atoms with E-state index in [9.17, 15) is 24.5 Å². The third kappa shape index (κ3) is 5.07. The van der Waals surface area contributed by atoms with Gasteiger partial charge in [0.15, 0.2) is 12.4 Å². The SMILES string of the molecule is O=C(COC(=O)c1ccc(NC(=O)c2ccco2)cc1)Nc1ccccc1[N+](=O)[O-]. The Bertz CT molecular complexity index is 1080.